The van der Waals surface area contributed by atoms with Gasteiger partial charge in [0.15, 0.2) is 11.6 Å². The second-order valence-corrected chi connectivity index (χ2v) is 5.38. The molecule has 1 saturated carbocycles. The lowest BCUT2D eigenvalue weighted by molar-refractivity contribution is 0.285. The molecule has 0 radical (unpaired) electrons. The number of hydrogen-bond donors (Lipinski definition) is 1. The third-order valence-corrected chi connectivity index (χ3v) is 3.84. The summed E-state index contributed by atoms with van der Waals surface area (Å²) in [6.45, 7) is 3.59. The molecular formula is C16H26N2O2. The molecule has 20 heavy (non-hydrogen) atoms. The van der Waals surface area contributed by atoms with E-state index in [2.05, 4.69) is 16.8 Å². The zero-order chi connectivity index (χ0) is 14.2. The maximum atomic E-state index is 9.39. The van der Waals surface area contributed by atoms with E-state index in [1.807, 2.05) is 12.1 Å². The lowest BCUT2D eigenvalue weighted by atomic mass is 9.94. The Bertz CT molecular complexity index is 392. The van der Waals surface area contributed by atoms with E-state index in [4.69, 9.17) is 4.74 Å². The van der Waals surface area contributed by atoms with Crippen LogP contribution in [0.15, 0.2) is 18.3 Å². The summed E-state index contributed by atoms with van der Waals surface area (Å²) < 4.78 is 5.82. The summed E-state index contributed by atoms with van der Waals surface area (Å²) in [7, 11) is 0. The van der Waals surface area contributed by atoms with Gasteiger partial charge in [0.2, 0.25) is 0 Å². The van der Waals surface area contributed by atoms with Crippen LogP contribution in [0.3, 0.4) is 0 Å². The van der Waals surface area contributed by atoms with Gasteiger partial charge in [-0.25, -0.2) is 4.98 Å². The number of aromatic nitrogens is 1. The molecule has 4 nitrogen and oxygen atoms in total. The highest BCUT2D eigenvalue weighted by Crippen LogP contribution is 2.31. The number of rotatable bonds is 7. The fourth-order valence-corrected chi connectivity index (χ4v) is 2.88. The summed E-state index contributed by atoms with van der Waals surface area (Å²) >= 11 is 0. The molecule has 1 aliphatic carbocycles. The Balaban J connectivity index is 2.18. The molecule has 0 saturated heterocycles. The van der Waals surface area contributed by atoms with Crippen molar-refractivity contribution in [1.82, 2.24) is 4.98 Å². The van der Waals surface area contributed by atoms with Crippen molar-refractivity contribution >= 4 is 5.82 Å². The van der Waals surface area contributed by atoms with Crippen LogP contribution in [0.2, 0.25) is 0 Å². The number of ether oxygens (including phenoxy) is 1. The summed E-state index contributed by atoms with van der Waals surface area (Å²) in [4.78, 5) is 6.76. The molecule has 1 aromatic heterocycles. The van der Waals surface area contributed by atoms with E-state index in [1.165, 1.54) is 32.1 Å². The predicted molar refractivity (Wildman–Crippen MR) is 81.3 cm³/mol. The van der Waals surface area contributed by atoms with E-state index >= 15 is 0 Å². The molecule has 0 bridgehead atoms. The number of hydrogen-bond acceptors (Lipinski definition) is 4. The quantitative estimate of drug-likeness (QED) is 0.833. The van der Waals surface area contributed by atoms with E-state index in [-0.39, 0.29) is 6.61 Å². The monoisotopic (exact) mass is 278 g/mol. The molecule has 112 valence electrons. The SMILES string of the molecule is CCCOc1cccnc1N(CCO)C1CCCCC1. The van der Waals surface area contributed by atoms with Gasteiger partial charge in [0, 0.05) is 18.8 Å². The first-order valence-electron chi connectivity index (χ1n) is 7.82. The average Bonchev–Trinajstić information content (AvgIpc) is 2.52. The van der Waals surface area contributed by atoms with Gasteiger partial charge in [0.25, 0.3) is 0 Å². The van der Waals surface area contributed by atoms with Crippen LogP contribution in [0, 0.1) is 0 Å². The van der Waals surface area contributed by atoms with Crippen LogP contribution in [0.4, 0.5) is 5.82 Å². The molecule has 1 aromatic rings. The van der Waals surface area contributed by atoms with E-state index in [1.54, 1.807) is 6.20 Å². The maximum absolute atomic E-state index is 9.39. The van der Waals surface area contributed by atoms with E-state index in [0.29, 0.717) is 19.2 Å². The van der Waals surface area contributed by atoms with Crippen molar-refractivity contribution in [2.45, 2.75) is 51.5 Å². The zero-order valence-electron chi connectivity index (χ0n) is 12.4. The van der Waals surface area contributed by atoms with Gasteiger partial charge in [-0.1, -0.05) is 26.2 Å². The molecule has 1 aliphatic rings. The van der Waals surface area contributed by atoms with Gasteiger partial charge >= 0.3 is 0 Å². The van der Waals surface area contributed by atoms with Crippen molar-refractivity contribution < 1.29 is 9.84 Å². The Morgan fingerprint density at radius 2 is 2.15 bits per heavy atom. The molecule has 0 spiro atoms. The van der Waals surface area contributed by atoms with Crippen molar-refractivity contribution in [3.05, 3.63) is 18.3 Å². The normalized spacial score (nSPS) is 16.1. The first kappa shape index (κ1) is 15.1. The topological polar surface area (TPSA) is 45.6 Å². The van der Waals surface area contributed by atoms with Crippen molar-refractivity contribution in [2.24, 2.45) is 0 Å². The number of pyridine rings is 1. The van der Waals surface area contributed by atoms with E-state index < -0.39 is 0 Å². The van der Waals surface area contributed by atoms with Crippen LogP contribution in [-0.2, 0) is 0 Å². The molecule has 1 N–H and O–H groups in total. The second-order valence-electron chi connectivity index (χ2n) is 5.38. The van der Waals surface area contributed by atoms with E-state index in [0.717, 1.165) is 18.0 Å². The Hall–Kier alpha value is -1.29. The second kappa shape index (κ2) is 8.10. The molecule has 1 heterocycles. The molecular weight excluding hydrogens is 252 g/mol. The standard InChI is InChI=1S/C16H26N2O2/c1-2-13-20-15-9-6-10-17-16(15)18(11-12-19)14-7-4-3-5-8-14/h6,9-10,14,19H,2-5,7-8,11-13H2,1H3. The Labute approximate surface area is 121 Å². The fourth-order valence-electron chi connectivity index (χ4n) is 2.88. The van der Waals surface area contributed by atoms with Crippen molar-refractivity contribution in [3.63, 3.8) is 0 Å². The van der Waals surface area contributed by atoms with Gasteiger partial charge in [-0.2, -0.15) is 0 Å². The summed E-state index contributed by atoms with van der Waals surface area (Å²) in [5, 5.41) is 9.39. The summed E-state index contributed by atoms with van der Waals surface area (Å²) in [6.07, 6.45) is 9.02. The molecule has 0 aromatic carbocycles. The smallest absolute Gasteiger partial charge is 0.171 e. The van der Waals surface area contributed by atoms with Gasteiger partial charge in [0.1, 0.15) is 0 Å². The Morgan fingerprint density at radius 1 is 1.35 bits per heavy atom. The van der Waals surface area contributed by atoms with Crippen molar-refractivity contribution in [3.8, 4) is 5.75 Å². The molecule has 0 amide bonds. The third-order valence-electron chi connectivity index (χ3n) is 3.84. The van der Waals surface area contributed by atoms with Gasteiger partial charge in [0.05, 0.1) is 13.2 Å². The maximum Gasteiger partial charge on any atom is 0.171 e. The minimum absolute atomic E-state index is 0.153. The average molecular weight is 278 g/mol. The van der Waals surface area contributed by atoms with Gasteiger partial charge in [-0.15, -0.1) is 0 Å². The molecule has 0 aliphatic heterocycles. The number of aliphatic hydroxyl groups excluding tert-OH is 1. The van der Waals surface area contributed by atoms with Crippen LogP contribution in [0.5, 0.6) is 5.75 Å². The third kappa shape index (κ3) is 3.85. The first-order chi connectivity index (χ1) is 9.86. The van der Waals surface area contributed by atoms with Crippen LogP contribution in [-0.4, -0.2) is 35.9 Å². The fraction of sp³-hybridized carbons (Fsp3) is 0.688. The molecule has 0 unspecified atom stereocenters. The lowest BCUT2D eigenvalue weighted by Gasteiger charge is -2.35. The summed E-state index contributed by atoms with van der Waals surface area (Å²) in [5.41, 5.74) is 0. The van der Waals surface area contributed by atoms with Crippen LogP contribution in [0.1, 0.15) is 45.4 Å². The van der Waals surface area contributed by atoms with Crippen LogP contribution in [0.25, 0.3) is 0 Å². The minimum Gasteiger partial charge on any atom is -0.490 e. The largest absolute Gasteiger partial charge is 0.490 e. The molecule has 4 heteroatoms. The van der Waals surface area contributed by atoms with Crippen molar-refractivity contribution in [1.29, 1.82) is 0 Å². The first-order valence-corrected chi connectivity index (χ1v) is 7.82. The van der Waals surface area contributed by atoms with Gasteiger partial charge in [-0.3, -0.25) is 0 Å². The highest BCUT2D eigenvalue weighted by molar-refractivity contribution is 5.53. The van der Waals surface area contributed by atoms with Crippen molar-refractivity contribution in [2.75, 3.05) is 24.7 Å². The molecule has 1 fully saturated rings. The highest BCUT2D eigenvalue weighted by Gasteiger charge is 2.24. The minimum atomic E-state index is 0.153. The van der Waals surface area contributed by atoms with Gasteiger partial charge < -0.3 is 14.7 Å². The molecule has 0 atom stereocenters. The number of anilines is 1. The lowest BCUT2D eigenvalue weighted by Crippen LogP contribution is -2.39. The van der Waals surface area contributed by atoms with E-state index in [9.17, 15) is 5.11 Å². The van der Waals surface area contributed by atoms with Crippen LogP contribution >= 0.6 is 0 Å². The van der Waals surface area contributed by atoms with Crippen LogP contribution < -0.4 is 9.64 Å². The Kier molecular flexibility index (Phi) is 6.12. The zero-order valence-corrected chi connectivity index (χ0v) is 12.4. The number of aliphatic hydroxyl groups is 1. The summed E-state index contributed by atoms with van der Waals surface area (Å²) in [5.74, 6) is 1.73. The highest BCUT2D eigenvalue weighted by atomic mass is 16.5. The number of nitrogens with zero attached hydrogens (tertiary/aromatic N) is 2. The summed E-state index contributed by atoms with van der Waals surface area (Å²) in [6, 6.07) is 4.37. The Morgan fingerprint density at radius 3 is 2.85 bits per heavy atom. The molecule has 2 rings (SSSR count). The van der Waals surface area contributed by atoms with Gasteiger partial charge in [-0.05, 0) is 31.4 Å². The predicted octanol–water partition coefficient (Wildman–Crippen LogP) is 3.00.